The van der Waals surface area contributed by atoms with Crippen molar-refractivity contribution >= 4 is 52.3 Å². The lowest BCUT2D eigenvalue weighted by Gasteiger charge is -2.10. The summed E-state index contributed by atoms with van der Waals surface area (Å²) in [7, 11) is 0. The first-order chi connectivity index (χ1) is 8.90. The molecule has 2 nitrogen and oxygen atoms in total. The fraction of sp³-hybridized carbons (Fsp3) is 0. The molecule has 0 heterocycles. The molecule has 1 amide bonds. The van der Waals surface area contributed by atoms with Gasteiger partial charge < -0.3 is 5.73 Å². The molecule has 0 fully saturated rings. The fourth-order valence-electron chi connectivity index (χ4n) is 1.64. The molecule has 0 saturated heterocycles. The number of rotatable bonds is 2. The smallest absolute Gasteiger partial charge is 0.248 e. The van der Waals surface area contributed by atoms with E-state index in [1.807, 2.05) is 0 Å². The van der Waals surface area contributed by atoms with Gasteiger partial charge in [-0.25, -0.2) is 0 Å². The number of nitrogens with two attached hydrogens (primary N) is 1. The molecule has 19 heavy (non-hydrogen) atoms. The Balaban J connectivity index is 2.63. The van der Waals surface area contributed by atoms with Crippen molar-refractivity contribution in [3.8, 4) is 11.1 Å². The minimum atomic E-state index is -0.552. The lowest BCUT2D eigenvalue weighted by atomic mass is 10.0. The molecule has 0 saturated carbocycles. The molecule has 0 radical (unpaired) electrons. The van der Waals surface area contributed by atoms with E-state index >= 15 is 0 Å². The molecule has 0 aliphatic carbocycles. The van der Waals surface area contributed by atoms with E-state index in [-0.39, 0.29) is 0 Å². The largest absolute Gasteiger partial charge is 0.366 e. The topological polar surface area (TPSA) is 43.1 Å². The Hall–Kier alpha value is -0.930. The summed E-state index contributed by atoms with van der Waals surface area (Å²) in [6.45, 7) is 0. The summed E-state index contributed by atoms with van der Waals surface area (Å²) < 4.78 is 0. The van der Waals surface area contributed by atoms with E-state index in [1.165, 1.54) is 6.07 Å². The Labute approximate surface area is 130 Å². The first kappa shape index (κ1) is 14.5. The van der Waals surface area contributed by atoms with Gasteiger partial charge in [-0.15, -0.1) is 0 Å². The molecule has 0 aliphatic heterocycles. The molecular weight excluding hydrogens is 328 g/mol. The van der Waals surface area contributed by atoms with Gasteiger partial charge in [0.05, 0.1) is 10.0 Å². The van der Waals surface area contributed by atoms with Crippen LogP contribution in [0.1, 0.15) is 10.4 Å². The minimum absolute atomic E-state index is 0.318. The van der Waals surface area contributed by atoms with Crippen molar-refractivity contribution in [2.45, 2.75) is 0 Å². The van der Waals surface area contributed by atoms with Crippen molar-refractivity contribution in [3.05, 3.63) is 56.0 Å². The predicted molar refractivity (Wildman–Crippen MR) is 80.4 cm³/mol. The minimum Gasteiger partial charge on any atom is -0.366 e. The van der Waals surface area contributed by atoms with Crippen molar-refractivity contribution in [2.24, 2.45) is 5.73 Å². The van der Waals surface area contributed by atoms with Gasteiger partial charge in [0.25, 0.3) is 0 Å². The number of carbonyl (C=O) groups is 1. The molecule has 0 atom stereocenters. The SMILES string of the molecule is NC(=O)c1ccc(-c2cc(Cl)cc(Cl)c2Cl)c(Cl)c1. The average Bonchev–Trinajstić information content (AvgIpc) is 2.33. The molecule has 2 rings (SSSR count). The molecular formula is C13H7Cl4NO. The van der Waals surface area contributed by atoms with Crippen LogP contribution in [0.3, 0.4) is 0 Å². The Morgan fingerprint density at radius 3 is 2.16 bits per heavy atom. The lowest BCUT2D eigenvalue weighted by Crippen LogP contribution is -2.10. The van der Waals surface area contributed by atoms with Gasteiger partial charge in [-0.2, -0.15) is 0 Å². The van der Waals surface area contributed by atoms with E-state index in [0.717, 1.165) is 0 Å². The van der Waals surface area contributed by atoms with Crippen LogP contribution in [-0.2, 0) is 0 Å². The summed E-state index contributed by atoms with van der Waals surface area (Å²) in [6.07, 6.45) is 0. The second-order valence-corrected chi connectivity index (χ2v) is 5.44. The van der Waals surface area contributed by atoms with Crippen LogP contribution in [-0.4, -0.2) is 5.91 Å². The van der Waals surface area contributed by atoms with Crippen LogP contribution >= 0.6 is 46.4 Å². The number of hydrogen-bond acceptors (Lipinski definition) is 1. The standard InChI is InChI=1S/C13H7Cl4NO/c14-7-4-9(12(17)11(16)5-7)8-2-1-6(13(18)19)3-10(8)15/h1-5H,(H2,18,19). The lowest BCUT2D eigenvalue weighted by molar-refractivity contribution is 0.100. The van der Waals surface area contributed by atoms with E-state index in [2.05, 4.69) is 0 Å². The Morgan fingerprint density at radius 2 is 1.58 bits per heavy atom. The number of halogens is 4. The summed E-state index contributed by atoms with van der Waals surface area (Å²) in [5.41, 5.74) is 6.72. The van der Waals surface area contributed by atoms with Gasteiger partial charge in [-0.05, 0) is 24.3 Å². The molecule has 0 bridgehead atoms. The van der Waals surface area contributed by atoms with Crippen molar-refractivity contribution in [1.82, 2.24) is 0 Å². The van der Waals surface area contributed by atoms with Crippen LogP contribution in [0.25, 0.3) is 11.1 Å². The average molecular weight is 335 g/mol. The summed E-state index contributed by atoms with van der Waals surface area (Å²) in [5, 5.41) is 1.47. The van der Waals surface area contributed by atoms with Crippen molar-refractivity contribution < 1.29 is 4.79 Å². The van der Waals surface area contributed by atoms with E-state index in [0.29, 0.717) is 36.8 Å². The number of benzene rings is 2. The van der Waals surface area contributed by atoms with Gasteiger partial charge in [0.2, 0.25) is 5.91 Å². The molecule has 0 unspecified atom stereocenters. The highest BCUT2D eigenvalue weighted by Gasteiger charge is 2.13. The van der Waals surface area contributed by atoms with Crippen LogP contribution < -0.4 is 5.73 Å². The first-order valence-corrected chi connectivity index (χ1v) is 6.65. The second-order valence-electron chi connectivity index (χ2n) is 3.81. The Kier molecular flexibility index (Phi) is 4.26. The Bertz CT molecular complexity index is 670. The third-order valence-electron chi connectivity index (χ3n) is 2.54. The highest BCUT2D eigenvalue weighted by molar-refractivity contribution is 6.45. The van der Waals surface area contributed by atoms with E-state index < -0.39 is 5.91 Å². The zero-order chi connectivity index (χ0) is 14.2. The zero-order valence-electron chi connectivity index (χ0n) is 9.38. The highest BCUT2D eigenvalue weighted by Crippen LogP contribution is 2.39. The maximum atomic E-state index is 11.1. The molecule has 0 aliphatic rings. The summed E-state index contributed by atoms with van der Waals surface area (Å²) in [4.78, 5) is 11.1. The maximum Gasteiger partial charge on any atom is 0.248 e. The molecule has 2 aromatic carbocycles. The van der Waals surface area contributed by atoms with Crippen LogP contribution in [0.4, 0.5) is 0 Å². The molecule has 0 spiro atoms. The number of carbonyl (C=O) groups excluding carboxylic acids is 1. The number of amides is 1. The van der Waals surface area contributed by atoms with E-state index in [4.69, 9.17) is 52.1 Å². The maximum absolute atomic E-state index is 11.1. The molecule has 2 aromatic rings. The van der Waals surface area contributed by atoms with Gasteiger partial charge in [-0.3, -0.25) is 4.79 Å². The van der Waals surface area contributed by atoms with E-state index in [9.17, 15) is 4.79 Å². The van der Waals surface area contributed by atoms with Crippen LogP contribution in [0, 0.1) is 0 Å². The summed E-state index contributed by atoms with van der Waals surface area (Å²) >= 11 is 24.2. The van der Waals surface area contributed by atoms with Crippen molar-refractivity contribution in [3.63, 3.8) is 0 Å². The summed E-state index contributed by atoms with van der Waals surface area (Å²) in [6, 6.07) is 7.89. The molecule has 6 heteroatoms. The van der Waals surface area contributed by atoms with Gasteiger partial charge in [0.1, 0.15) is 0 Å². The second kappa shape index (κ2) is 5.59. The molecule has 98 valence electrons. The predicted octanol–water partition coefficient (Wildman–Crippen LogP) is 5.07. The first-order valence-electron chi connectivity index (χ1n) is 5.14. The van der Waals surface area contributed by atoms with Gasteiger partial charge in [-0.1, -0.05) is 52.5 Å². The van der Waals surface area contributed by atoms with Crippen molar-refractivity contribution in [2.75, 3.05) is 0 Å². The number of primary amides is 1. The molecule has 2 N–H and O–H groups in total. The van der Waals surface area contributed by atoms with Crippen molar-refractivity contribution in [1.29, 1.82) is 0 Å². The van der Waals surface area contributed by atoms with Gasteiger partial charge in [0.15, 0.2) is 0 Å². The highest BCUT2D eigenvalue weighted by atomic mass is 35.5. The van der Waals surface area contributed by atoms with Crippen LogP contribution in [0.5, 0.6) is 0 Å². The summed E-state index contributed by atoms with van der Waals surface area (Å²) in [5.74, 6) is -0.552. The zero-order valence-corrected chi connectivity index (χ0v) is 12.4. The van der Waals surface area contributed by atoms with E-state index in [1.54, 1.807) is 24.3 Å². The normalized spacial score (nSPS) is 10.5. The van der Waals surface area contributed by atoms with Crippen LogP contribution in [0.2, 0.25) is 20.1 Å². The van der Waals surface area contributed by atoms with Crippen LogP contribution in [0.15, 0.2) is 30.3 Å². The van der Waals surface area contributed by atoms with Gasteiger partial charge in [0, 0.05) is 26.7 Å². The monoisotopic (exact) mass is 333 g/mol. The molecule has 0 aromatic heterocycles. The third-order valence-corrected chi connectivity index (χ3v) is 3.87. The third kappa shape index (κ3) is 2.98. The van der Waals surface area contributed by atoms with Gasteiger partial charge >= 0.3 is 0 Å². The Morgan fingerprint density at radius 1 is 0.895 bits per heavy atom. The quantitative estimate of drug-likeness (QED) is 0.766. The number of hydrogen-bond donors (Lipinski definition) is 1. The fourth-order valence-corrected chi connectivity index (χ4v) is 2.63.